The first-order chi connectivity index (χ1) is 8.97. The highest BCUT2D eigenvalue weighted by Crippen LogP contribution is 2.28. The van der Waals surface area contributed by atoms with E-state index in [-0.39, 0.29) is 15.7 Å². The molecule has 1 aromatic heterocycles. The fourth-order valence-corrected chi connectivity index (χ4v) is 2.41. The minimum atomic E-state index is -0.510. The van der Waals surface area contributed by atoms with E-state index in [0.29, 0.717) is 15.3 Å². The van der Waals surface area contributed by atoms with E-state index < -0.39 is 4.92 Å². The number of hydrogen-bond acceptors (Lipinski definition) is 4. The van der Waals surface area contributed by atoms with Gasteiger partial charge in [0.2, 0.25) is 5.69 Å². The molecule has 19 heavy (non-hydrogen) atoms. The Bertz CT molecular complexity index is 670. The highest BCUT2D eigenvalue weighted by Gasteiger charge is 2.13. The lowest BCUT2D eigenvalue weighted by Gasteiger charge is -2.04. The van der Waals surface area contributed by atoms with Gasteiger partial charge in [-0.2, -0.15) is 4.74 Å². The zero-order valence-corrected chi connectivity index (χ0v) is 11.6. The molecule has 0 saturated heterocycles. The fourth-order valence-electron chi connectivity index (χ4n) is 1.36. The molecule has 0 aliphatic carbocycles. The molecule has 0 N–H and O–H groups in total. The predicted molar refractivity (Wildman–Crippen MR) is 75.9 cm³/mol. The smallest absolute Gasteiger partial charge is 0.324 e. The van der Waals surface area contributed by atoms with Crippen LogP contribution in [0.15, 0.2) is 29.6 Å². The lowest BCUT2D eigenvalue weighted by Crippen LogP contribution is -1.98. The zero-order chi connectivity index (χ0) is 14.0. The van der Waals surface area contributed by atoms with Crippen molar-refractivity contribution in [3.8, 4) is 0 Å². The van der Waals surface area contributed by atoms with E-state index in [1.54, 1.807) is 6.07 Å². The van der Waals surface area contributed by atoms with Crippen molar-refractivity contribution in [2.24, 2.45) is 0 Å². The number of nitrogens with zero attached hydrogens (tertiary/aromatic N) is 2. The maximum atomic E-state index is 11.9. The number of rotatable bonds is 3. The first-order valence-corrected chi connectivity index (χ1v) is 6.60. The van der Waals surface area contributed by atoms with Crippen LogP contribution >= 0.6 is 34.5 Å². The van der Waals surface area contributed by atoms with Crippen molar-refractivity contribution < 1.29 is 9.66 Å². The molecule has 0 radical (unpaired) electrons. The summed E-state index contributed by atoms with van der Waals surface area (Å²) in [6.07, 6.45) is 1.21. The summed E-state index contributed by atoms with van der Waals surface area (Å²) in [6, 6.07) is 5.81. The molecule has 0 amide bonds. The van der Waals surface area contributed by atoms with Crippen LogP contribution in [-0.2, 0) is 0 Å². The Morgan fingerprint density at radius 3 is 2.58 bits per heavy atom. The normalized spacial score (nSPS) is 11.6. The van der Waals surface area contributed by atoms with Gasteiger partial charge in [0.25, 0.3) is 0 Å². The van der Waals surface area contributed by atoms with Crippen molar-refractivity contribution in [3.05, 3.63) is 60.6 Å². The molecule has 0 spiro atoms. The number of thiophene rings is 1. The van der Waals surface area contributed by atoms with Crippen LogP contribution in [0.3, 0.4) is 0 Å². The molecule has 0 fully saturated rings. The molecule has 1 heterocycles. The summed E-state index contributed by atoms with van der Waals surface area (Å²) in [7, 11) is 0. The van der Waals surface area contributed by atoms with Crippen LogP contribution in [0.25, 0.3) is 0 Å². The molecule has 5 nitrogen and oxygen atoms in total. The molecule has 0 saturated carbocycles. The van der Waals surface area contributed by atoms with Gasteiger partial charge in [-0.15, -0.1) is 0 Å². The maximum Gasteiger partial charge on any atom is 0.324 e. The minimum Gasteiger partial charge on any atom is -0.618 e. The Balaban J connectivity index is 2.36. The highest BCUT2D eigenvalue weighted by molar-refractivity contribution is 7.13. The Hall–Kier alpha value is -1.63. The van der Waals surface area contributed by atoms with E-state index >= 15 is 0 Å². The number of halogens is 2. The third-order valence-electron chi connectivity index (χ3n) is 2.20. The van der Waals surface area contributed by atoms with Crippen molar-refractivity contribution in [2.75, 3.05) is 0 Å². The van der Waals surface area contributed by atoms with Gasteiger partial charge in [-0.1, -0.05) is 34.5 Å². The van der Waals surface area contributed by atoms with Gasteiger partial charge >= 0.3 is 5.00 Å². The fraction of sp³-hybridized carbons (Fsp3) is 0. The molecule has 0 unspecified atom stereocenters. The molecule has 2 aromatic rings. The molecule has 0 atom stereocenters. The Labute approximate surface area is 122 Å². The lowest BCUT2D eigenvalue weighted by atomic mass is 10.3. The SMILES string of the molecule is O=[N+]([O-])c1cc(/C=[N+](/[O-])c2cc(Cl)ccc2Cl)cs1. The maximum absolute atomic E-state index is 11.9. The summed E-state index contributed by atoms with van der Waals surface area (Å²) in [5.74, 6) is 0. The van der Waals surface area contributed by atoms with Gasteiger partial charge in [0.15, 0.2) is 6.21 Å². The van der Waals surface area contributed by atoms with E-state index in [2.05, 4.69) is 0 Å². The highest BCUT2D eigenvalue weighted by atomic mass is 35.5. The lowest BCUT2D eigenvalue weighted by molar-refractivity contribution is -0.380. The Morgan fingerprint density at radius 1 is 1.21 bits per heavy atom. The molecule has 2 rings (SSSR count). The van der Waals surface area contributed by atoms with Crippen molar-refractivity contribution >= 4 is 51.4 Å². The topological polar surface area (TPSA) is 69.2 Å². The van der Waals surface area contributed by atoms with Crippen LogP contribution in [0, 0.1) is 15.3 Å². The average molecular weight is 317 g/mol. The predicted octanol–water partition coefficient (Wildman–Crippen LogP) is 4.22. The van der Waals surface area contributed by atoms with Gasteiger partial charge < -0.3 is 5.21 Å². The average Bonchev–Trinajstić information content (AvgIpc) is 2.80. The molecule has 0 bridgehead atoms. The monoisotopic (exact) mass is 316 g/mol. The third kappa shape index (κ3) is 3.23. The molecule has 1 aromatic carbocycles. The van der Waals surface area contributed by atoms with E-state index in [4.69, 9.17) is 23.2 Å². The number of benzene rings is 1. The van der Waals surface area contributed by atoms with Crippen LogP contribution < -0.4 is 0 Å². The summed E-state index contributed by atoms with van der Waals surface area (Å²) in [5.41, 5.74) is 0.616. The van der Waals surface area contributed by atoms with Gasteiger partial charge in [-0.3, -0.25) is 10.1 Å². The molecular formula is C11H6Cl2N2O3S. The second kappa shape index (κ2) is 5.56. The van der Waals surface area contributed by atoms with Crippen LogP contribution in [0.1, 0.15) is 5.56 Å². The third-order valence-corrected chi connectivity index (χ3v) is 3.65. The summed E-state index contributed by atoms with van der Waals surface area (Å²) in [5, 5.41) is 24.6. The van der Waals surface area contributed by atoms with Gasteiger partial charge in [-0.05, 0) is 12.1 Å². The molecule has 8 heteroatoms. The van der Waals surface area contributed by atoms with Crippen LogP contribution in [0.5, 0.6) is 0 Å². The summed E-state index contributed by atoms with van der Waals surface area (Å²) < 4.78 is 0.528. The molecular weight excluding hydrogens is 311 g/mol. The minimum absolute atomic E-state index is 0.0307. The van der Waals surface area contributed by atoms with E-state index in [1.807, 2.05) is 0 Å². The van der Waals surface area contributed by atoms with Crippen molar-refractivity contribution in [1.82, 2.24) is 0 Å². The van der Waals surface area contributed by atoms with E-state index in [0.717, 1.165) is 11.3 Å². The number of nitro groups is 1. The van der Waals surface area contributed by atoms with Gasteiger partial charge in [0.05, 0.1) is 10.5 Å². The largest absolute Gasteiger partial charge is 0.618 e. The molecule has 98 valence electrons. The van der Waals surface area contributed by atoms with Crippen LogP contribution in [-0.4, -0.2) is 15.9 Å². The second-order valence-corrected chi connectivity index (χ2v) is 5.26. The van der Waals surface area contributed by atoms with Crippen LogP contribution in [0.4, 0.5) is 10.7 Å². The van der Waals surface area contributed by atoms with E-state index in [1.165, 1.54) is 29.8 Å². The summed E-state index contributed by atoms with van der Waals surface area (Å²) >= 11 is 12.6. The summed E-state index contributed by atoms with van der Waals surface area (Å²) in [6.45, 7) is 0. The first-order valence-electron chi connectivity index (χ1n) is 4.96. The Kier molecular flexibility index (Phi) is 4.04. The van der Waals surface area contributed by atoms with Crippen molar-refractivity contribution in [2.45, 2.75) is 0 Å². The van der Waals surface area contributed by atoms with Crippen molar-refractivity contribution in [3.63, 3.8) is 0 Å². The van der Waals surface area contributed by atoms with Gasteiger partial charge in [0.1, 0.15) is 5.02 Å². The quantitative estimate of drug-likeness (QED) is 0.280. The van der Waals surface area contributed by atoms with E-state index in [9.17, 15) is 15.3 Å². The zero-order valence-electron chi connectivity index (χ0n) is 9.25. The Morgan fingerprint density at radius 2 is 1.95 bits per heavy atom. The van der Waals surface area contributed by atoms with Crippen molar-refractivity contribution in [1.29, 1.82) is 0 Å². The van der Waals surface area contributed by atoms with Crippen LogP contribution in [0.2, 0.25) is 10.0 Å². The molecule has 0 aliphatic heterocycles. The first kappa shape index (κ1) is 13.8. The van der Waals surface area contributed by atoms with Gasteiger partial charge in [0, 0.05) is 22.5 Å². The molecule has 0 aliphatic rings. The summed E-state index contributed by atoms with van der Waals surface area (Å²) in [4.78, 5) is 10.0. The number of hydrogen-bond donors (Lipinski definition) is 0. The second-order valence-electron chi connectivity index (χ2n) is 3.53. The van der Waals surface area contributed by atoms with Gasteiger partial charge in [-0.25, -0.2) is 0 Å². The standard InChI is InChI=1S/C11H6Cl2N2O3S/c12-8-1-2-9(13)10(4-8)14(16)5-7-3-11(15(17)18)19-6-7/h1-6H/b14-5+.